The van der Waals surface area contributed by atoms with Gasteiger partial charge in [-0.15, -0.1) is 13.2 Å². The van der Waals surface area contributed by atoms with Crippen LogP contribution in [0.5, 0.6) is 5.75 Å². The van der Waals surface area contributed by atoms with Gasteiger partial charge in [-0.05, 0) is 25.2 Å². The average Bonchev–Trinajstić information content (AvgIpc) is 2.59. The molecule has 2 heterocycles. The molecular formula is C16H16Cl2F3N5O. The van der Waals surface area contributed by atoms with Gasteiger partial charge in [-0.2, -0.15) is 4.98 Å². The van der Waals surface area contributed by atoms with Gasteiger partial charge in [0.25, 0.3) is 0 Å². The van der Waals surface area contributed by atoms with Crippen LogP contribution in [0.3, 0.4) is 0 Å². The minimum atomic E-state index is -4.83. The van der Waals surface area contributed by atoms with Crippen molar-refractivity contribution in [2.24, 2.45) is 0 Å². The lowest BCUT2D eigenvalue weighted by molar-refractivity contribution is -0.274. The Bertz CT molecular complexity index is 813. The molecule has 1 aromatic heterocycles. The van der Waals surface area contributed by atoms with Gasteiger partial charge in [0.05, 0.1) is 16.9 Å². The summed E-state index contributed by atoms with van der Waals surface area (Å²) < 4.78 is 42.3. The maximum Gasteiger partial charge on any atom is 0.573 e. The molecule has 1 aliphatic rings. The van der Waals surface area contributed by atoms with Crippen LogP contribution < -0.4 is 15.0 Å². The number of aromatic nitrogens is 2. The monoisotopic (exact) mass is 421 g/mol. The number of hydrogen-bond acceptors (Lipinski definition) is 6. The zero-order valence-electron chi connectivity index (χ0n) is 14.2. The van der Waals surface area contributed by atoms with Crippen molar-refractivity contribution in [1.29, 1.82) is 0 Å². The number of hydrogen-bond donors (Lipinski definition) is 1. The van der Waals surface area contributed by atoms with Crippen LogP contribution >= 0.6 is 23.2 Å². The van der Waals surface area contributed by atoms with Crippen LogP contribution in [-0.4, -0.2) is 54.5 Å². The summed E-state index contributed by atoms with van der Waals surface area (Å²) in [5, 5.41) is 2.85. The maximum atomic E-state index is 12.7. The van der Waals surface area contributed by atoms with Gasteiger partial charge in [-0.3, -0.25) is 0 Å². The number of benzene rings is 1. The van der Waals surface area contributed by atoms with Crippen molar-refractivity contribution < 1.29 is 17.9 Å². The molecule has 146 valence electrons. The Hall–Kier alpha value is -1.97. The van der Waals surface area contributed by atoms with E-state index in [0.29, 0.717) is 0 Å². The largest absolute Gasteiger partial charge is 0.573 e. The van der Waals surface area contributed by atoms with Gasteiger partial charge in [0.1, 0.15) is 0 Å². The summed E-state index contributed by atoms with van der Waals surface area (Å²) in [6, 6.07) is 4.42. The number of nitrogens with one attached hydrogen (secondary N) is 1. The molecule has 11 heteroatoms. The third-order valence-corrected chi connectivity index (χ3v) is 4.67. The van der Waals surface area contributed by atoms with E-state index in [1.54, 1.807) is 12.1 Å². The molecule has 0 aliphatic carbocycles. The highest BCUT2D eigenvalue weighted by atomic mass is 35.5. The third kappa shape index (κ3) is 5.27. The van der Waals surface area contributed by atoms with E-state index in [4.69, 9.17) is 23.2 Å². The number of alkyl halides is 3. The summed E-state index contributed by atoms with van der Waals surface area (Å²) in [6.07, 6.45) is -3.57. The summed E-state index contributed by atoms with van der Waals surface area (Å²) in [5.74, 6) is -0.387. The molecule has 1 saturated heterocycles. The standard InChI is InChI=1S/C16H16Cl2F3N5O/c1-25-4-6-26(7-5-25)10-2-3-13(27-16(19,20)21)12(8-10)23-15-22-9-11(17)14(18)24-15/h2-3,8-9H,4-7H2,1H3,(H,22,23,24). The van der Waals surface area contributed by atoms with Gasteiger partial charge in [-0.25, -0.2) is 4.98 Å². The van der Waals surface area contributed by atoms with Gasteiger partial charge in [-0.1, -0.05) is 23.2 Å². The first kappa shape index (κ1) is 19.8. The molecule has 0 unspecified atom stereocenters. The molecule has 27 heavy (non-hydrogen) atoms. The number of nitrogens with zero attached hydrogens (tertiary/aromatic N) is 4. The number of piperazine rings is 1. The smallest absolute Gasteiger partial charge is 0.404 e. The minimum absolute atomic E-state index is 0.00644. The molecule has 1 aromatic carbocycles. The van der Waals surface area contributed by atoms with Crippen molar-refractivity contribution in [1.82, 2.24) is 14.9 Å². The SMILES string of the molecule is CN1CCN(c2ccc(OC(F)(F)F)c(Nc3ncc(Cl)c(Cl)n3)c2)CC1. The Kier molecular flexibility index (Phi) is 5.83. The van der Waals surface area contributed by atoms with Gasteiger partial charge in [0.2, 0.25) is 5.95 Å². The molecule has 0 radical (unpaired) electrons. The van der Waals surface area contributed by atoms with Crippen molar-refractivity contribution >= 4 is 40.5 Å². The molecule has 1 aliphatic heterocycles. The van der Waals surface area contributed by atoms with Crippen LogP contribution in [0, 0.1) is 0 Å². The van der Waals surface area contributed by atoms with Crippen LogP contribution in [0.4, 0.5) is 30.5 Å². The molecule has 2 aromatic rings. The highest BCUT2D eigenvalue weighted by Gasteiger charge is 2.32. The first-order valence-electron chi connectivity index (χ1n) is 7.99. The molecular weight excluding hydrogens is 406 g/mol. The first-order chi connectivity index (χ1) is 12.7. The molecule has 6 nitrogen and oxygen atoms in total. The van der Waals surface area contributed by atoms with E-state index < -0.39 is 12.1 Å². The van der Waals surface area contributed by atoms with Crippen molar-refractivity contribution in [2.45, 2.75) is 6.36 Å². The van der Waals surface area contributed by atoms with Crippen LogP contribution in [0.2, 0.25) is 10.2 Å². The summed E-state index contributed by atoms with van der Waals surface area (Å²) in [5.41, 5.74) is 0.835. The Morgan fingerprint density at radius 2 is 1.85 bits per heavy atom. The van der Waals surface area contributed by atoms with E-state index in [2.05, 4.69) is 29.8 Å². The fourth-order valence-corrected chi connectivity index (χ4v) is 2.84. The highest BCUT2D eigenvalue weighted by Crippen LogP contribution is 2.35. The van der Waals surface area contributed by atoms with Crippen LogP contribution in [0.15, 0.2) is 24.4 Å². The van der Waals surface area contributed by atoms with E-state index >= 15 is 0 Å². The zero-order chi connectivity index (χ0) is 19.6. The lowest BCUT2D eigenvalue weighted by Gasteiger charge is -2.34. The fraction of sp³-hybridized carbons (Fsp3) is 0.375. The second-order valence-corrected chi connectivity index (χ2v) is 6.74. The third-order valence-electron chi connectivity index (χ3n) is 4.01. The molecule has 3 rings (SSSR count). The van der Waals surface area contributed by atoms with Crippen molar-refractivity contribution in [3.8, 4) is 5.75 Å². The molecule has 1 fully saturated rings. The van der Waals surface area contributed by atoms with Crippen molar-refractivity contribution in [3.63, 3.8) is 0 Å². The predicted molar refractivity (Wildman–Crippen MR) is 98.2 cm³/mol. The normalized spacial score (nSPS) is 15.7. The second-order valence-electron chi connectivity index (χ2n) is 5.98. The molecule has 0 atom stereocenters. The molecule has 0 bridgehead atoms. The lowest BCUT2D eigenvalue weighted by atomic mass is 10.2. The molecule has 0 spiro atoms. The Morgan fingerprint density at radius 3 is 2.48 bits per heavy atom. The van der Waals surface area contributed by atoms with E-state index in [-0.39, 0.29) is 21.8 Å². The summed E-state index contributed by atoms with van der Waals surface area (Å²) in [6.45, 7) is 3.25. The number of rotatable bonds is 4. The zero-order valence-corrected chi connectivity index (χ0v) is 15.7. The van der Waals surface area contributed by atoms with Gasteiger partial charge >= 0.3 is 6.36 Å². The lowest BCUT2D eigenvalue weighted by Crippen LogP contribution is -2.44. The van der Waals surface area contributed by atoms with Gasteiger partial charge in [0.15, 0.2) is 10.9 Å². The molecule has 1 N–H and O–H groups in total. The van der Waals surface area contributed by atoms with Crippen molar-refractivity contribution in [3.05, 3.63) is 34.6 Å². The first-order valence-corrected chi connectivity index (χ1v) is 8.75. The fourth-order valence-electron chi connectivity index (χ4n) is 2.62. The minimum Gasteiger partial charge on any atom is -0.404 e. The Morgan fingerprint density at radius 1 is 1.15 bits per heavy atom. The van der Waals surface area contributed by atoms with Gasteiger partial charge < -0.3 is 19.9 Å². The number of halogens is 5. The summed E-state index contributed by atoms with van der Waals surface area (Å²) in [7, 11) is 2.02. The number of anilines is 3. The van der Waals surface area contributed by atoms with Crippen LogP contribution in [0.1, 0.15) is 0 Å². The molecule has 0 amide bonds. The van der Waals surface area contributed by atoms with Crippen LogP contribution in [-0.2, 0) is 0 Å². The maximum absolute atomic E-state index is 12.7. The summed E-state index contributed by atoms with van der Waals surface area (Å²) >= 11 is 11.6. The average molecular weight is 422 g/mol. The van der Waals surface area contributed by atoms with E-state index in [1.165, 1.54) is 12.3 Å². The summed E-state index contributed by atoms with van der Waals surface area (Å²) in [4.78, 5) is 12.1. The highest BCUT2D eigenvalue weighted by molar-refractivity contribution is 6.41. The van der Waals surface area contributed by atoms with E-state index in [9.17, 15) is 13.2 Å². The molecule has 0 saturated carbocycles. The van der Waals surface area contributed by atoms with Crippen LogP contribution in [0.25, 0.3) is 0 Å². The van der Waals surface area contributed by atoms with E-state index in [0.717, 1.165) is 31.9 Å². The number of ether oxygens (including phenoxy) is 1. The van der Waals surface area contributed by atoms with E-state index in [1.807, 2.05) is 7.05 Å². The Labute approximate surface area is 163 Å². The number of likely N-dealkylation sites (N-methyl/N-ethyl adjacent to an activating group) is 1. The second kappa shape index (κ2) is 7.95. The predicted octanol–water partition coefficient (Wildman–Crippen LogP) is 4.18. The van der Waals surface area contributed by atoms with Crippen molar-refractivity contribution in [2.75, 3.05) is 43.4 Å². The topological polar surface area (TPSA) is 53.5 Å². The quantitative estimate of drug-likeness (QED) is 0.747. The Balaban J connectivity index is 1.91. The van der Waals surface area contributed by atoms with Gasteiger partial charge in [0, 0.05) is 31.9 Å².